The van der Waals surface area contributed by atoms with Crippen LogP contribution in [0.25, 0.3) is 21.5 Å². The van der Waals surface area contributed by atoms with Crippen molar-refractivity contribution in [3.05, 3.63) is 238 Å². The van der Waals surface area contributed by atoms with Crippen molar-refractivity contribution < 1.29 is 19.8 Å². The molecular formula is C65H70N2O4. The van der Waals surface area contributed by atoms with Crippen molar-refractivity contribution in [2.24, 2.45) is 5.41 Å². The lowest BCUT2D eigenvalue weighted by Crippen LogP contribution is -2.59. The SMILES string of the molecule is CCCC(CCC)(C(=O)N[C@@H](c1cccc2ccccc12)C(O)(Cc1ccccc1C)Cc1ccccc1C)C(=O)N[C@@H](c1cccc2ccccc12)C(O)(Cc1ccccc1C)Cc1ccccc1C. The molecule has 0 fully saturated rings. The minimum Gasteiger partial charge on any atom is -0.387 e. The minimum absolute atomic E-state index is 0.233. The maximum Gasteiger partial charge on any atom is 0.236 e. The van der Waals surface area contributed by atoms with Gasteiger partial charge in [-0.2, -0.15) is 0 Å². The van der Waals surface area contributed by atoms with Gasteiger partial charge in [0, 0.05) is 25.7 Å². The smallest absolute Gasteiger partial charge is 0.236 e. The number of hydrogen-bond acceptors (Lipinski definition) is 4. The number of hydrogen-bond donors (Lipinski definition) is 4. The molecule has 0 radical (unpaired) electrons. The molecule has 2 amide bonds. The van der Waals surface area contributed by atoms with Crippen LogP contribution in [0.3, 0.4) is 0 Å². The van der Waals surface area contributed by atoms with Gasteiger partial charge in [0.1, 0.15) is 5.41 Å². The number of aryl methyl sites for hydroxylation is 4. The molecule has 6 heteroatoms. The molecule has 0 spiro atoms. The van der Waals surface area contributed by atoms with Gasteiger partial charge in [-0.3, -0.25) is 9.59 Å². The van der Waals surface area contributed by atoms with Crippen molar-refractivity contribution in [2.75, 3.05) is 0 Å². The predicted octanol–water partition coefficient (Wildman–Crippen LogP) is 13.3. The first-order chi connectivity index (χ1) is 34.3. The van der Waals surface area contributed by atoms with Crippen LogP contribution in [0.1, 0.15) is 107 Å². The van der Waals surface area contributed by atoms with Gasteiger partial charge in [0.2, 0.25) is 11.8 Å². The van der Waals surface area contributed by atoms with Crippen molar-refractivity contribution >= 4 is 33.4 Å². The first-order valence-corrected chi connectivity index (χ1v) is 25.5. The number of carbonyl (C=O) groups excluding carboxylic acids is 2. The molecule has 0 unspecified atom stereocenters. The van der Waals surface area contributed by atoms with Gasteiger partial charge in [-0.1, -0.05) is 209 Å². The Balaban J connectivity index is 1.30. The fourth-order valence-corrected chi connectivity index (χ4v) is 11.2. The Morgan fingerprint density at radius 3 is 1.00 bits per heavy atom. The summed E-state index contributed by atoms with van der Waals surface area (Å²) in [4.78, 5) is 32.4. The lowest BCUT2D eigenvalue weighted by Gasteiger charge is -2.43. The minimum atomic E-state index is -1.60. The van der Waals surface area contributed by atoms with Crippen LogP contribution in [0.4, 0.5) is 0 Å². The van der Waals surface area contributed by atoms with E-state index in [4.69, 9.17) is 0 Å². The van der Waals surface area contributed by atoms with E-state index in [1.165, 1.54) is 0 Å². The molecule has 0 saturated heterocycles. The highest BCUT2D eigenvalue weighted by atomic mass is 16.3. The number of fused-ring (bicyclic) bond motifs is 2. The van der Waals surface area contributed by atoms with Crippen LogP contribution in [-0.4, -0.2) is 33.2 Å². The molecule has 0 aliphatic carbocycles. The molecule has 6 nitrogen and oxygen atoms in total. The number of aliphatic hydroxyl groups is 2. The summed E-state index contributed by atoms with van der Waals surface area (Å²) < 4.78 is 0. The number of amides is 2. The second kappa shape index (κ2) is 22.1. The molecule has 8 aromatic carbocycles. The topological polar surface area (TPSA) is 98.7 Å². The van der Waals surface area contributed by atoms with Gasteiger partial charge in [-0.05, 0) is 118 Å². The van der Waals surface area contributed by atoms with E-state index >= 15 is 9.59 Å². The molecule has 0 aromatic heterocycles. The van der Waals surface area contributed by atoms with Gasteiger partial charge in [0.05, 0.1) is 23.3 Å². The number of carbonyl (C=O) groups is 2. The van der Waals surface area contributed by atoms with Crippen LogP contribution in [0.15, 0.2) is 182 Å². The first kappa shape index (κ1) is 50.5. The summed E-state index contributed by atoms with van der Waals surface area (Å²) in [6.45, 7) is 12.2. The molecular weight excluding hydrogens is 873 g/mol. The van der Waals surface area contributed by atoms with E-state index in [0.717, 1.165) is 77.2 Å². The zero-order valence-corrected chi connectivity index (χ0v) is 42.3. The molecule has 4 N–H and O–H groups in total. The van der Waals surface area contributed by atoms with Gasteiger partial charge in [-0.15, -0.1) is 0 Å². The zero-order chi connectivity index (χ0) is 50.2. The molecule has 71 heavy (non-hydrogen) atoms. The van der Waals surface area contributed by atoms with Crippen molar-refractivity contribution in [1.82, 2.24) is 10.6 Å². The monoisotopic (exact) mass is 943 g/mol. The predicted molar refractivity (Wildman–Crippen MR) is 291 cm³/mol. The first-order valence-electron chi connectivity index (χ1n) is 25.5. The highest BCUT2D eigenvalue weighted by molar-refractivity contribution is 6.06. The van der Waals surface area contributed by atoms with Gasteiger partial charge in [-0.25, -0.2) is 0 Å². The average Bonchev–Trinajstić information content (AvgIpc) is 3.37. The second-order valence-electron chi connectivity index (χ2n) is 20.2. The van der Waals surface area contributed by atoms with Crippen LogP contribution < -0.4 is 10.6 Å². The fourth-order valence-electron chi connectivity index (χ4n) is 11.2. The Morgan fingerprint density at radius 2 is 0.690 bits per heavy atom. The van der Waals surface area contributed by atoms with Crippen molar-refractivity contribution in [2.45, 2.75) is 116 Å². The molecule has 0 bridgehead atoms. The summed E-state index contributed by atoms with van der Waals surface area (Å²) in [7, 11) is 0. The van der Waals surface area contributed by atoms with E-state index in [1.54, 1.807) is 0 Å². The molecule has 8 rings (SSSR count). The van der Waals surface area contributed by atoms with E-state index in [2.05, 4.69) is 86.9 Å². The summed E-state index contributed by atoms with van der Waals surface area (Å²) in [5.41, 5.74) is 4.78. The number of nitrogens with one attached hydrogen (secondary N) is 2. The summed E-state index contributed by atoms with van der Waals surface area (Å²) >= 11 is 0. The van der Waals surface area contributed by atoms with Gasteiger partial charge in [0.15, 0.2) is 0 Å². The largest absolute Gasteiger partial charge is 0.387 e. The van der Waals surface area contributed by atoms with Gasteiger partial charge < -0.3 is 20.8 Å². The quantitative estimate of drug-likeness (QED) is 0.0572. The lowest BCUT2D eigenvalue weighted by molar-refractivity contribution is -0.149. The van der Waals surface area contributed by atoms with Crippen LogP contribution in [0.5, 0.6) is 0 Å². The third-order valence-corrected chi connectivity index (χ3v) is 15.1. The third-order valence-electron chi connectivity index (χ3n) is 15.1. The maximum atomic E-state index is 16.2. The highest BCUT2D eigenvalue weighted by Gasteiger charge is 2.51. The summed E-state index contributed by atoms with van der Waals surface area (Å²) in [6.07, 6.45) is 2.48. The summed E-state index contributed by atoms with van der Waals surface area (Å²) in [6, 6.07) is 58.7. The molecule has 8 aromatic rings. The Morgan fingerprint density at radius 1 is 0.408 bits per heavy atom. The Bertz CT molecular complexity index is 2820. The molecule has 0 aliphatic rings. The van der Waals surface area contributed by atoms with Gasteiger partial charge >= 0.3 is 0 Å². The Kier molecular flexibility index (Phi) is 15.7. The second-order valence-corrected chi connectivity index (χ2v) is 20.2. The fraction of sp³-hybridized carbons (Fsp3) is 0.292. The molecule has 364 valence electrons. The highest BCUT2D eigenvalue weighted by Crippen LogP contribution is 2.43. The molecule has 0 heterocycles. The van der Waals surface area contributed by atoms with Crippen LogP contribution >= 0.6 is 0 Å². The van der Waals surface area contributed by atoms with Crippen molar-refractivity contribution in [1.29, 1.82) is 0 Å². The Labute approximate surface area is 421 Å². The Hall–Kier alpha value is -6.86. The summed E-state index contributed by atoms with van der Waals surface area (Å²) in [5, 5.41) is 38.4. The third kappa shape index (κ3) is 10.9. The van der Waals surface area contributed by atoms with Gasteiger partial charge in [0.25, 0.3) is 0 Å². The van der Waals surface area contributed by atoms with Crippen LogP contribution in [-0.2, 0) is 35.3 Å². The normalized spacial score (nSPS) is 13.0. The summed E-state index contributed by atoms with van der Waals surface area (Å²) in [5.74, 6) is -0.912. The van der Waals surface area contributed by atoms with E-state index < -0.39 is 40.5 Å². The molecule has 0 saturated carbocycles. The lowest BCUT2D eigenvalue weighted by atomic mass is 9.73. The standard InChI is InChI=1S/C65H70N2O4/c1-7-39-63(40-8-2,61(68)66-59(57-37-21-33-49-27-17-19-35-55(49)57)64(70,41-51-29-13-9-23-45(51)3)42-52-30-14-10-24-46(52)4)62(69)67-60(58-38-22-34-50-28-18-20-36-56(50)58)65(71,43-53-31-15-11-25-47(53)5)44-54-32-16-12-26-48(54)6/h9-38,59-60,70-71H,7-8,39-44H2,1-6H3,(H,66,68)(H,67,69)/t59-,60-/m0/s1. The van der Waals surface area contributed by atoms with Crippen molar-refractivity contribution in [3.8, 4) is 0 Å². The molecule has 0 aliphatic heterocycles. The van der Waals surface area contributed by atoms with E-state index in [-0.39, 0.29) is 38.5 Å². The van der Waals surface area contributed by atoms with E-state index in [1.807, 2.05) is 147 Å². The number of benzene rings is 8. The average molecular weight is 943 g/mol. The number of rotatable bonds is 20. The molecule has 2 atom stereocenters. The van der Waals surface area contributed by atoms with E-state index in [9.17, 15) is 10.2 Å². The van der Waals surface area contributed by atoms with E-state index in [0.29, 0.717) is 12.8 Å². The van der Waals surface area contributed by atoms with Crippen LogP contribution in [0.2, 0.25) is 0 Å². The maximum absolute atomic E-state index is 16.2. The zero-order valence-electron chi connectivity index (χ0n) is 42.3. The van der Waals surface area contributed by atoms with Crippen LogP contribution in [0, 0.1) is 33.1 Å². The van der Waals surface area contributed by atoms with Crippen molar-refractivity contribution in [3.63, 3.8) is 0 Å².